The number of nitrogens with two attached hydrogens (primary N) is 1. The molecular weight excluding hydrogens is 378 g/mol. The van der Waals surface area contributed by atoms with E-state index in [1.165, 1.54) is 14.2 Å². The SMILES string of the molecule is COc1cc(OC)c(-c2cc(-c3cccc(Cl)c3)nc(N)c2C#N)c(OC)c1. The summed E-state index contributed by atoms with van der Waals surface area (Å²) in [7, 11) is 4.62. The van der Waals surface area contributed by atoms with Gasteiger partial charge in [0.15, 0.2) is 0 Å². The molecule has 2 aromatic carbocycles. The van der Waals surface area contributed by atoms with Crippen molar-refractivity contribution in [1.82, 2.24) is 4.98 Å². The van der Waals surface area contributed by atoms with Crippen LogP contribution in [0.25, 0.3) is 22.4 Å². The van der Waals surface area contributed by atoms with Crippen LogP contribution in [0.1, 0.15) is 5.56 Å². The Labute approximate surface area is 168 Å². The summed E-state index contributed by atoms with van der Waals surface area (Å²) < 4.78 is 16.4. The number of hydrogen-bond donors (Lipinski definition) is 1. The van der Waals surface area contributed by atoms with Gasteiger partial charge in [-0.15, -0.1) is 0 Å². The minimum atomic E-state index is 0.106. The number of ether oxygens (including phenoxy) is 3. The van der Waals surface area contributed by atoms with Crippen LogP contribution in [0.4, 0.5) is 5.82 Å². The molecule has 0 saturated carbocycles. The molecule has 7 heteroatoms. The zero-order valence-electron chi connectivity index (χ0n) is 15.6. The molecule has 2 N–H and O–H groups in total. The van der Waals surface area contributed by atoms with Gasteiger partial charge in [-0.05, 0) is 18.2 Å². The van der Waals surface area contributed by atoms with E-state index in [4.69, 9.17) is 31.5 Å². The Morgan fingerprint density at radius 2 is 1.68 bits per heavy atom. The first-order chi connectivity index (χ1) is 13.5. The van der Waals surface area contributed by atoms with Crippen molar-refractivity contribution in [1.29, 1.82) is 5.26 Å². The topological polar surface area (TPSA) is 90.4 Å². The van der Waals surface area contributed by atoms with E-state index in [1.54, 1.807) is 37.4 Å². The fourth-order valence-corrected chi connectivity index (χ4v) is 3.14. The average molecular weight is 396 g/mol. The second kappa shape index (κ2) is 8.07. The van der Waals surface area contributed by atoms with Gasteiger partial charge in [0.2, 0.25) is 0 Å². The van der Waals surface area contributed by atoms with E-state index < -0.39 is 0 Å². The van der Waals surface area contributed by atoms with Gasteiger partial charge in [-0.3, -0.25) is 0 Å². The highest BCUT2D eigenvalue weighted by atomic mass is 35.5. The normalized spacial score (nSPS) is 10.2. The largest absolute Gasteiger partial charge is 0.496 e. The molecule has 3 aromatic rings. The van der Waals surface area contributed by atoms with Crippen LogP contribution in [-0.2, 0) is 0 Å². The number of anilines is 1. The number of methoxy groups -OCH3 is 3. The first-order valence-corrected chi connectivity index (χ1v) is 8.67. The summed E-state index contributed by atoms with van der Waals surface area (Å²) in [5.41, 5.74) is 8.82. The van der Waals surface area contributed by atoms with Crippen molar-refractivity contribution in [3.05, 3.63) is 53.1 Å². The van der Waals surface area contributed by atoms with E-state index in [9.17, 15) is 5.26 Å². The molecule has 0 saturated heterocycles. The fourth-order valence-electron chi connectivity index (χ4n) is 2.95. The number of halogens is 1. The van der Waals surface area contributed by atoms with Crippen LogP contribution >= 0.6 is 11.6 Å². The van der Waals surface area contributed by atoms with Crippen LogP contribution in [0, 0.1) is 11.3 Å². The molecule has 0 aliphatic heterocycles. The summed E-state index contributed by atoms with van der Waals surface area (Å²) in [5, 5.41) is 10.3. The predicted molar refractivity (Wildman–Crippen MR) is 109 cm³/mol. The van der Waals surface area contributed by atoms with Crippen molar-refractivity contribution < 1.29 is 14.2 Å². The maximum Gasteiger partial charge on any atom is 0.142 e. The van der Waals surface area contributed by atoms with Gasteiger partial charge in [0.05, 0.1) is 32.6 Å². The molecular formula is C21H18ClN3O3. The minimum absolute atomic E-state index is 0.106. The molecule has 1 aromatic heterocycles. The zero-order chi connectivity index (χ0) is 20.3. The Balaban J connectivity index is 2.34. The van der Waals surface area contributed by atoms with Crippen LogP contribution in [0.2, 0.25) is 5.02 Å². The number of nitriles is 1. The fraction of sp³-hybridized carbons (Fsp3) is 0.143. The summed E-state index contributed by atoms with van der Waals surface area (Å²) in [5.74, 6) is 1.63. The van der Waals surface area contributed by atoms with Gasteiger partial charge in [0.1, 0.15) is 34.7 Å². The van der Waals surface area contributed by atoms with E-state index in [1.807, 2.05) is 12.1 Å². The molecule has 0 amide bonds. The summed E-state index contributed by atoms with van der Waals surface area (Å²) in [6.07, 6.45) is 0. The lowest BCUT2D eigenvalue weighted by molar-refractivity contribution is 0.377. The maximum atomic E-state index is 9.70. The average Bonchev–Trinajstić information content (AvgIpc) is 2.72. The van der Waals surface area contributed by atoms with Crippen LogP contribution in [0.15, 0.2) is 42.5 Å². The minimum Gasteiger partial charge on any atom is -0.496 e. The second-order valence-corrected chi connectivity index (χ2v) is 6.28. The number of benzene rings is 2. The number of rotatable bonds is 5. The molecule has 0 radical (unpaired) electrons. The van der Waals surface area contributed by atoms with E-state index in [2.05, 4.69) is 11.1 Å². The van der Waals surface area contributed by atoms with Crippen LogP contribution < -0.4 is 19.9 Å². The van der Waals surface area contributed by atoms with Crippen molar-refractivity contribution >= 4 is 17.4 Å². The monoisotopic (exact) mass is 395 g/mol. The third-order valence-corrected chi connectivity index (χ3v) is 4.50. The van der Waals surface area contributed by atoms with Crippen molar-refractivity contribution in [2.75, 3.05) is 27.1 Å². The number of pyridine rings is 1. The van der Waals surface area contributed by atoms with Gasteiger partial charge in [-0.25, -0.2) is 4.98 Å². The first-order valence-electron chi connectivity index (χ1n) is 8.29. The molecule has 1 heterocycles. The van der Waals surface area contributed by atoms with Crippen LogP contribution in [0.3, 0.4) is 0 Å². The number of nitrogen functional groups attached to an aromatic ring is 1. The van der Waals surface area contributed by atoms with Gasteiger partial charge < -0.3 is 19.9 Å². The Bertz CT molecular complexity index is 1050. The summed E-state index contributed by atoms with van der Waals surface area (Å²) in [6, 6.07) is 14.6. The standard InChI is InChI=1S/C21H18ClN3O3/c1-26-14-8-18(27-2)20(19(9-14)28-3)15-10-17(25-21(24)16(15)11-23)12-5-4-6-13(22)7-12/h4-10H,1-3H3,(H2,24,25). The molecule has 0 unspecified atom stereocenters. The molecule has 142 valence electrons. The van der Waals surface area contributed by atoms with Crippen LogP contribution in [-0.4, -0.2) is 26.3 Å². The predicted octanol–water partition coefficient (Wildman–Crippen LogP) is 4.55. The molecule has 0 spiro atoms. The van der Waals surface area contributed by atoms with E-state index in [0.717, 1.165) is 5.56 Å². The Kier molecular flexibility index (Phi) is 5.57. The van der Waals surface area contributed by atoms with E-state index in [0.29, 0.717) is 39.1 Å². The highest BCUT2D eigenvalue weighted by Crippen LogP contribution is 2.44. The highest BCUT2D eigenvalue weighted by Gasteiger charge is 2.21. The molecule has 6 nitrogen and oxygen atoms in total. The summed E-state index contributed by atoms with van der Waals surface area (Å²) in [4.78, 5) is 4.38. The van der Waals surface area contributed by atoms with Crippen molar-refractivity contribution in [3.63, 3.8) is 0 Å². The Hall–Kier alpha value is -3.43. The van der Waals surface area contributed by atoms with Gasteiger partial charge in [-0.1, -0.05) is 23.7 Å². The smallest absolute Gasteiger partial charge is 0.142 e. The lowest BCUT2D eigenvalue weighted by Gasteiger charge is -2.17. The Morgan fingerprint density at radius 1 is 1.00 bits per heavy atom. The Morgan fingerprint density at radius 3 is 2.21 bits per heavy atom. The van der Waals surface area contributed by atoms with Gasteiger partial charge in [0, 0.05) is 28.3 Å². The van der Waals surface area contributed by atoms with Gasteiger partial charge in [-0.2, -0.15) is 5.26 Å². The molecule has 0 atom stereocenters. The van der Waals surface area contributed by atoms with Gasteiger partial charge >= 0.3 is 0 Å². The zero-order valence-corrected chi connectivity index (χ0v) is 16.4. The molecule has 0 aliphatic rings. The maximum absolute atomic E-state index is 9.70. The molecule has 0 fully saturated rings. The molecule has 0 aliphatic carbocycles. The second-order valence-electron chi connectivity index (χ2n) is 5.84. The van der Waals surface area contributed by atoms with Crippen molar-refractivity contribution in [3.8, 4) is 45.7 Å². The molecule has 28 heavy (non-hydrogen) atoms. The quantitative estimate of drug-likeness (QED) is 0.681. The van der Waals surface area contributed by atoms with Crippen molar-refractivity contribution in [2.24, 2.45) is 0 Å². The number of nitrogens with zero attached hydrogens (tertiary/aromatic N) is 2. The number of aromatic nitrogens is 1. The van der Waals surface area contributed by atoms with Crippen molar-refractivity contribution in [2.45, 2.75) is 0 Å². The number of hydrogen-bond acceptors (Lipinski definition) is 6. The molecule has 3 rings (SSSR count). The lowest BCUT2D eigenvalue weighted by atomic mass is 9.96. The van der Waals surface area contributed by atoms with E-state index in [-0.39, 0.29) is 11.4 Å². The van der Waals surface area contributed by atoms with Crippen LogP contribution in [0.5, 0.6) is 17.2 Å². The van der Waals surface area contributed by atoms with Gasteiger partial charge in [0.25, 0.3) is 0 Å². The molecule has 0 bridgehead atoms. The summed E-state index contributed by atoms with van der Waals surface area (Å²) >= 11 is 6.11. The van der Waals surface area contributed by atoms with E-state index >= 15 is 0 Å². The highest BCUT2D eigenvalue weighted by molar-refractivity contribution is 6.30. The third-order valence-electron chi connectivity index (χ3n) is 4.26. The lowest BCUT2D eigenvalue weighted by Crippen LogP contribution is -2.02. The third kappa shape index (κ3) is 3.53. The summed E-state index contributed by atoms with van der Waals surface area (Å²) in [6.45, 7) is 0. The first kappa shape index (κ1) is 19.3.